The van der Waals surface area contributed by atoms with Crippen LogP contribution in [0.15, 0.2) is 57.9 Å². The highest BCUT2D eigenvalue weighted by Crippen LogP contribution is 2.22. The number of carbonyl (C=O) groups is 1. The fraction of sp³-hybridized carbons (Fsp3) is 0.150. The number of nitrogens with zero attached hydrogens (tertiary/aromatic N) is 2. The molecule has 0 spiro atoms. The lowest BCUT2D eigenvalue weighted by Crippen LogP contribution is -2.20. The van der Waals surface area contributed by atoms with Gasteiger partial charge in [-0.15, -0.1) is 0 Å². The zero-order valence-corrected chi connectivity index (χ0v) is 17.0. The molecule has 9 nitrogen and oxygen atoms in total. The Hall–Kier alpha value is -3.84. The topological polar surface area (TPSA) is 134 Å². The Morgan fingerprint density at radius 1 is 1.17 bits per heavy atom. The van der Waals surface area contributed by atoms with Crippen LogP contribution in [-0.4, -0.2) is 26.1 Å². The summed E-state index contributed by atoms with van der Waals surface area (Å²) in [5, 5.41) is 15.3. The van der Waals surface area contributed by atoms with Crippen molar-refractivity contribution in [3.63, 3.8) is 0 Å². The molecule has 0 atom stereocenters. The van der Waals surface area contributed by atoms with E-state index in [-0.39, 0.29) is 17.4 Å². The molecule has 0 fully saturated rings. The summed E-state index contributed by atoms with van der Waals surface area (Å²) in [4.78, 5) is 12.1. The number of aromatic nitrogens is 1. The summed E-state index contributed by atoms with van der Waals surface area (Å²) < 4.78 is 37.7. The van der Waals surface area contributed by atoms with Crippen LogP contribution in [0, 0.1) is 25.2 Å². The first-order valence-corrected chi connectivity index (χ1v) is 10.3. The van der Waals surface area contributed by atoms with Crippen LogP contribution in [0.25, 0.3) is 0 Å². The molecular weight excluding hydrogens is 408 g/mol. The Morgan fingerprint density at radius 3 is 2.50 bits per heavy atom. The van der Waals surface area contributed by atoms with Crippen LogP contribution in [-0.2, 0) is 14.8 Å². The van der Waals surface area contributed by atoms with Gasteiger partial charge in [0.25, 0.3) is 15.9 Å². The van der Waals surface area contributed by atoms with Crippen molar-refractivity contribution in [1.82, 2.24) is 5.16 Å². The molecule has 0 aliphatic carbocycles. The van der Waals surface area contributed by atoms with Gasteiger partial charge in [-0.05, 0) is 50.2 Å². The highest BCUT2D eigenvalue weighted by Gasteiger charge is 2.19. The predicted octanol–water partition coefficient (Wildman–Crippen LogP) is 2.98. The smallest absolute Gasteiger partial charge is 0.264 e. The third-order valence-electron chi connectivity index (χ3n) is 4.20. The molecule has 3 rings (SSSR count). The molecule has 0 aliphatic heterocycles. The van der Waals surface area contributed by atoms with Gasteiger partial charge in [-0.1, -0.05) is 17.3 Å². The summed E-state index contributed by atoms with van der Waals surface area (Å²) in [5.74, 6) is -0.0930. The van der Waals surface area contributed by atoms with E-state index in [1.54, 1.807) is 38.1 Å². The van der Waals surface area contributed by atoms with E-state index < -0.39 is 15.9 Å². The van der Waals surface area contributed by atoms with Gasteiger partial charge < -0.3 is 14.6 Å². The molecule has 2 N–H and O–H groups in total. The highest BCUT2D eigenvalue weighted by atomic mass is 32.2. The van der Waals surface area contributed by atoms with E-state index in [4.69, 9.17) is 14.5 Å². The number of ether oxygens (including phenoxy) is 1. The van der Waals surface area contributed by atoms with Crippen LogP contribution in [0.2, 0.25) is 0 Å². The Bertz CT molecular complexity index is 1210. The summed E-state index contributed by atoms with van der Waals surface area (Å²) >= 11 is 0. The van der Waals surface area contributed by atoms with Crippen molar-refractivity contribution in [2.45, 2.75) is 18.7 Å². The van der Waals surface area contributed by atoms with Gasteiger partial charge in [0, 0.05) is 11.3 Å². The number of carbonyl (C=O) groups excluding carboxylic acids is 1. The van der Waals surface area contributed by atoms with Crippen molar-refractivity contribution in [1.29, 1.82) is 5.26 Å². The largest absolute Gasteiger partial charge is 0.482 e. The molecule has 0 saturated heterocycles. The standard InChI is InChI=1S/C20H18N4O5S/c1-13-14(2)23-29-20(13)24-30(26,27)17-9-7-16(8-10-17)22-19(25)12-28-18-6-4-3-5-15(18)11-21/h3-10,24H,12H2,1-2H3,(H,22,25). The first kappa shape index (κ1) is 20.9. The Labute approximate surface area is 173 Å². The summed E-state index contributed by atoms with van der Waals surface area (Å²) in [6.07, 6.45) is 0. The molecular formula is C20H18N4O5S. The average Bonchev–Trinajstić information content (AvgIpc) is 3.04. The minimum atomic E-state index is -3.87. The van der Waals surface area contributed by atoms with Gasteiger partial charge in [0.2, 0.25) is 5.88 Å². The lowest BCUT2D eigenvalue weighted by atomic mass is 10.2. The van der Waals surface area contributed by atoms with E-state index in [9.17, 15) is 13.2 Å². The number of aryl methyl sites for hydroxylation is 1. The lowest BCUT2D eigenvalue weighted by Gasteiger charge is -2.10. The number of hydrogen-bond acceptors (Lipinski definition) is 7. The molecule has 3 aromatic rings. The number of sulfonamides is 1. The summed E-state index contributed by atoms with van der Waals surface area (Å²) in [7, 11) is -3.87. The van der Waals surface area contributed by atoms with Gasteiger partial charge >= 0.3 is 0 Å². The maximum absolute atomic E-state index is 12.5. The third kappa shape index (κ3) is 4.76. The van der Waals surface area contributed by atoms with Gasteiger partial charge in [-0.25, -0.2) is 13.1 Å². The van der Waals surface area contributed by atoms with E-state index in [0.717, 1.165) is 0 Å². The van der Waals surface area contributed by atoms with Gasteiger partial charge in [0.15, 0.2) is 6.61 Å². The molecule has 0 unspecified atom stereocenters. The van der Waals surface area contributed by atoms with Crippen molar-refractivity contribution in [3.8, 4) is 11.8 Å². The summed E-state index contributed by atoms with van der Waals surface area (Å²) in [5.41, 5.74) is 1.90. The van der Waals surface area contributed by atoms with Crippen molar-refractivity contribution in [3.05, 3.63) is 65.4 Å². The van der Waals surface area contributed by atoms with Crippen LogP contribution in [0.5, 0.6) is 5.75 Å². The fourth-order valence-electron chi connectivity index (χ4n) is 2.43. The van der Waals surface area contributed by atoms with Crippen LogP contribution >= 0.6 is 0 Å². The van der Waals surface area contributed by atoms with Crippen LogP contribution < -0.4 is 14.8 Å². The van der Waals surface area contributed by atoms with Gasteiger partial charge in [-0.3, -0.25) is 4.79 Å². The predicted molar refractivity (Wildman–Crippen MR) is 109 cm³/mol. The SMILES string of the molecule is Cc1noc(NS(=O)(=O)c2ccc(NC(=O)COc3ccccc3C#N)cc2)c1C. The minimum absolute atomic E-state index is 0.00634. The van der Waals surface area contributed by atoms with Crippen molar-refractivity contribution in [2.24, 2.45) is 0 Å². The van der Waals surface area contributed by atoms with E-state index in [2.05, 4.69) is 15.2 Å². The maximum atomic E-state index is 12.5. The number of rotatable bonds is 7. The number of nitrogens with one attached hydrogen (secondary N) is 2. The average molecular weight is 426 g/mol. The van der Waals surface area contributed by atoms with Gasteiger partial charge in [-0.2, -0.15) is 5.26 Å². The molecule has 1 aromatic heterocycles. The summed E-state index contributed by atoms with van der Waals surface area (Å²) in [6, 6.07) is 14.2. The molecule has 0 radical (unpaired) electrons. The Balaban J connectivity index is 1.62. The minimum Gasteiger partial charge on any atom is -0.482 e. The number of benzene rings is 2. The highest BCUT2D eigenvalue weighted by molar-refractivity contribution is 7.92. The molecule has 1 amide bonds. The molecule has 1 heterocycles. The second-order valence-corrected chi connectivity index (χ2v) is 7.98. The number of nitriles is 1. The number of hydrogen-bond donors (Lipinski definition) is 2. The number of para-hydroxylation sites is 1. The summed E-state index contributed by atoms with van der Waals surface area (Å²) in [6.45, 7) is 3.10. The van der Waals surface area contributed by atoms with Crippen LogP contribution in [0.1, 0.15) is 16.8 Å². The Morgan fingerprint density at radius 2 is 1.87 bits per heavy atom. The first-order chi connectivity index (χ1) is 14.3. The molecule has 30 heavy (non-hydrogen) atoms. The molecule has 0 bridgehead atoms. The second-order valence-electron chi connectivity index (χ2n) is 6.30. The molecule has 0 saturated carbocycles. The number of amides is 1. The van der Waals surface area contributed by atoms with E-state index in [1.807, 2.05) is 6.07 Å². The second kappa shape index (κ2) is 8.67. The zero-order chi connectivity index (χ0) is 21.7. The zero-order valence-electron chi connectivity index (χ0n) is 16.2. The van der Waals surface area contributed by atoms with Gasteiger partial charge in [0.05, 0.1) is 16.2 Å². The van der Waals surface area contributed by atoms with Crippen LogP contribution in [0.4, 0.5) is 11.6 Å². The molecule has 2 aromatic carbocycles. The van der Waals surface area contributed by atoms with E-state index in [0.29, 0.717) is 28.3 Å². The van der Waals surface area contributed by atoms with Crippen molar-refractivity contribution < 1.29 is 22.5 Å². The molecule has 154 valence electrons. The van der Waals surface area contributed by atoms with Crippen molar-refractivity contribution in [2.75, 3.05) is 16.6 Å². The third-order valence-corrected chi connectivity index (χ3v) is 5.55. The van der Waals surface area contributed by atoms with E-state index in [1.165, 1.54) is 24.3 Å². The fourth-order valence-corrected chi connectivity index (χ4v) is 3.48. The van der Waals surface area contributed by atoms with Crippen LogP contribution in [0.3, 0.4) is 0 Å². The Kier molecular flexibility index (Phi) is 6.03. The number of anilines is 2. The van der Waals surface area contributed by atoms with Crippen molar-refractivity contribution >= 4 is 27.5 Å². The maximum Gasteiger partial charge on any atom is 0.264 e. The molecule has 0 aliphatic rings. The first-order valence-electron chi connectivity index (χ1n) is 8.77. The lowest BCUT2D eigenvalue weighted by molar-refractivity contribution is -0.118. The van der Waals surface area contributed by atoms with Gasteiger partial charge in [0.1, 0.15) is 11.8 Å². The quantitative estimate of drug-likeness (QED) is 0.593. The molecule has 10 heteroatoms. The van der Waals surface area contributed by atoms with E-state index >= 15 is 0 Å². The monoisotopic (exact) mass is 426 g/mol. The normalized spacial score (nSPS) is 10.8.